The molecule has 0 aromatic heterocycles. The molecule has 0 heterocycles. The summed E-state index contributed by atoms with van der Waals surface area (Å²) in [4.78, 5) is 11.0. The van der Waals surface area contributed by atoms with Gasteiger partial charge in [0.25, 0.3) is 0 Å². The summed E-state index contributed by atoms with van der Waals surface area (Å²) in [7, 11) is 0. The maximum absolute atomic E-state index is 11.0. The quantitative estimate of drug-likeness (QED) is 0.364. The lowest BCUT2D eigenvalue weighted by molar-refractivity contribution is -0.121. The predicted molar refractivity (Wildman–Crippen MR) is 58.6 cm³/mol. The highest BCUT2D eigenvalue weighted by atomic mass is 35.5. The Morgan fingerprint density at radius 3 is 2.93 bits per heavy atom. The highest BCUT2D eigenvalue weighted by Crippen LogP contribution is 1.91. The summed E-state index contributed by atoms with van der Waals surface area (Å²) in [6.07, 6.45) is 3.88. The first-order valence-electron chi connectivity index (χ1n) is 4.82. The fraction of sp³-hybridized carbons (Fsp3) is 0.700. The van der Waals surface area contributed by atoms with Crippen LogP contribution in [0.1, 0.15) is 19.3 Å². The van der Waals surface area contributed by atoms with Crippen LogP contribution in [-0.4, -0.2) is 31.5 Å². The standard InChI is InChI=1S/C10H18ClNO2/c1-2-3-8-14-9-7-12-10(13)5-4-6-11/h2H,1,3-9H2,(H,12,13). The SMILES string of the molecule is C=CCCOCCNC(=O)CCCCl. The number of carbonyl (C=O) groups is 1. The summed E-state index contributed by atoms with van der Waals surface area (Å²) in [6.45, 7) is 5.37. The summed E-state index contributed by atoms with van der Waals surface area (Å²) < 4.78 is 5.22. The van der Waals surface area contributed by atoms with Crippen molar-refractivity contribution in [1.82, 2.24) is 5.32 Å². The minimum atomic E-state index is 0.0398. The third-order valence-corrected chi connectivity index (χ3v) is 1.84. The summed E-state index contributed by atoms with van der Waals surface area (Å²) in [5.41, 5.74) is 0. The number of alkyl halides is 1. The number of nitrogens with one attached hydrogen (secondary N) is 1. The molecule has 0 radical (unpaired) electrons. The minimum Gasteiger partial charge on any atom is -0.379 e. The van der Waals surface area contributed by atoms with Crippen molar-refractivity contribution < 1.29 is 9.53 Å². The summed E-state index contributed by atoms with van der Waals surface area (Å²) in [5.74, 6) is 0.571. The van der Waals surface area contributed by atoms with Gasteiger partial charge in [-0.3, -0.25) is 4.79 Å². The van der Waals surface area contributed by atoms with Crippen LogP contribution in [0.25, 0.3) is 0 Å². The number of carbonyl (C=O) groups excluding carboxylic acids is 1. The zero-order valence-electron chi connectivity index (χ0n) is 8.43. The highest BCUT2D eigenvalue weighted by molar-refractivity contribution is 6.17. The van der Waals surface area contributed by atoms with Gasteiger partial charge in [-0.05, 0) is 12.8 Å². The fourth-order valence-electron chi connectivity index (χ4n) is 0.847. The Kier molecular flexibility index (Phi) is 10.1. The molecule has 14 heavy (non-hydrogen) atoms. The average Bonchev–Trinajstić information content (AvgIpc) is 2.20. The van der Waals surface area contributed by atoms with Gasteiger partial charge in [0.15, 0.2) is 0 Å². The molecule has 0 aliphatic heterocycles. The molecule has 0 aliphatic rings. The van der Waals surface area contributed by atoms with Crippen LogP contribution < -0.4 is 5.32 Å². The van der Waals surface area contributed by atoms with Crippen LogP contribution >= 0.6 is 11.6 Å². The lowest BCUT2D eigenvalue weighted by Crippen LogP contribution is -2.27. The fourth-order valence-corrected chi connectivity index (χ4v) is 0.981. The van der Waals surface area contributed by atoms with Crippen molar-refractivity contribution in [2.75, 3.05) is 25.6 Å². The largest absolute Gasteiger partial charge is 0.379 e. The molecule has 82 valence electrons. The molecule has 3 nitrogen and oxygen atoms in total. The molecule has 0 saturated heterocycles. The van der Waals surface area contributed by atoms with Crippen molar-refractivity contribution in [1.29, 1.82) is 0 Å². The summed E-state index contributed by atoms with van der Waals surface area (Å²) in [5, 5.41) is 2.75. The van der Waals surface area contributed by atoms with Gasteiger partial charge in [0.2, 0.25) is 5.91 Å². The molecule has 0 atom stereocenters. The van der Waals surface area contributed by atoms with Gasteiger partial charge in [-0.2, -0.15) is 0 Å². The zero-order valence-corrected chi connectivity index (χ0v) is 9.18. The van der Waals surface area contributed by atoms with E-state index in [1.54, 1.807) is 6.08 Å². The Bertz CT molecular complexity index is 162. The first kappa shape index (κ1) is 13.5. The molecule has 0 saturated carbocycles. The number of halogens is 1. The van der Waals surface area contributed by atoms with Gasteiger partial charge in [0.05, 0.1) is 13.2 Å². The Morgan fingerprint density at radius 1 is 1.50 bits per heavy atom. The third-order valence-electron chi connectivity index (χ3n) is 1.57. The summed E-state index contributed by atoms with van der Waals surface area (Å²) in [6, 6.07) is 0. The highest BCUT2D eigenvalue weighted by Gasteiger charge is 1.98. The molecule has 0 bridgehead atoms. The molecule has 0 unspecified atom stereocenters. The number of hydrogen-bond acceptors (Lipinski definition) is 2. The van der Waals surface area contributed by atoms with Crippen molar-refractivity contribution in [2.24, 2.45) is 0 Å². The molecule has 0 aromatic carbocycles. The zero-order chi connectivity index (χ0) is 10.6. The molecule has 0 aliphatic carbocycles. The van der Waals surface area contributed by atoms with E-state index in [1.807, 2.05) is 0 Å². The maximum Gasteiger partial charge on any atom is 0.220 e. The molecule has 0 rings (SSSR count). The Labute approximate surface area is 90.5 Å². The molecule has 1 N–H and O–H groups in total. The summed E-state index contributed by atoms with van der Waals surface area (Å²) >= 11 is 5.45. The topological polar surface area (TPSA) is 38.3 Å². The molecular weight excluding hydrogens is 202 g/mol. The number of hydrogen-bond donors (Lipinski definition) is 1. The second kappa shape index (κ2) is 10.5. The van der Waals surface area contributed by atoms with Gasteiger partial charge in [-0.25, -0.2) is 0 Å². The van der Waals surface area contributed by atoms with Gasteiger partial charge in [0, 0.05) is 18.8 Å². The van der Waals surface area contributed by atoms with E-state index in [0.717, 1.165) is 12.8 Å². The second-order valence-corrected chi connectivity index (χ2v) is 3.21. The van der Waals surface area contributed by atoms with Gasteiger partial charge < -0.3 is 10.1 Å². The van der Waals surface area contributed by atoms with Gasteiger partial charge in [0.1, 0.15) is 0 Å². The molecule has 1 amide bonds. The maximum atomic E-state index is 11.0. The van der Waals surface area contributed by atoms with Crippen molar-refractivity contribution >= 4 is 17.5 Å². The van der Waals surface area contributed by atoms with Crippen LogP contribution in [0.5, 0.6) is 0 Å². The number of rotatable bonds is 9. The van der Waals surface area contributed by atoms with E-state index in [1.165, 1.54) is 0 Å². The number of amides is 1. The van der Waals surface area contributed by atoms with Crippen LogP contribution in [0.2, 0.25) is 0 Å². The first-order chi connectivity index (χ1) is 6.81. The van der Waals surface area contributed by atoms with E-state index in [2.05, 4.69) is 11.9 Å². The van der Waals surface area contributed by atoms with E-state index in [9.17, 15) is 4.79 Å². The van der Waals surface area contributed by atoms with E-state index in [0.29, 0.717) is 32.1 Å². The van der Waals surface area contributed by atoms with Gasteiger partial charge in [-0.15, -0.1) is 18.2 Å². The second-order valence-electron chi connectivity index (χ2n) is 2.83. The Balaban J connectivity index is 3.10. The predicted octanol–water partition coefficient (Wildman–Crippen LogP) is 1.71. The van der Waals surface area contributed by atoms with Crippen molar-refractivity contribution in [3.8, 4) is 0 Å². The average molecular weight is 220 g/mol. The molecule has 0 aromatic rings. The van der Waals surface area contributed by atoms with Gasteiger partial charge in [-0.1, -0.05) is 6.08 Å². The van der Waals surface area contributed by atoms with Crippen LogP contribution in [0.4, 0.5) is 0 Å². The molecule has 0 fully saturated rings. The molecule has 0 spiro atoms. The van der Waals surface area contributed by atoms with E-state index >= 15 is 0 Å². The lowest BCUT2D eigenvalue weighted by atomic mass is 10.3. The normalized spacial score (nSPS) is 9.79. The van der Waals surface area contributed by atoms with Gasteiger partial charge >= 0.3 is 0 Å². The smallest absolute Gasteiger partial charge is 0.220 e. The molecule has 4 heteroatoms. The van der Waals surface area contributed by atoms with Crippen molar-refractivity contribution in [2.45, 2.75) is 19.3 Å². The van der Waals surface area contributed by atoms with Crippen molar-refractivity contribution in [3.63, 3.8) is 0 Å². The number of ether oxygens (including phenoxy) is 1. The van der Waals surface area contributed by atoms with Crippen LogP contribution in [-0.2, 0) is 9.53 Å². The van der Waals surface area contributed by atoms with Crippen LogP contribution in [0.15, 0.2) is 12.7 Å². The van der Waals surface area contributed by atoms with E-state index < -0.39 is 0 Å². The van der Waals surface area contributed by atoms with Crippen LogP contribution in [0.3, 0.4) is 0 Å². The van der Waals surface area contributed by atoms with Crippen LogP contribution in [0, 0.1) is 0 Å². The van der Waals surface area contributed by atoms with E-state index in [4.69, 9.17) is 16.3 Å². The van der Waals surface area contributed by atoms with Crippen molar-refractivity contribution in [3.05, 3.63) is 12.7 Å². The third kappa shape index (κ3) is 9.55. The minimum absolute atomic E-state index is 0.0398. The Morgan fingerprint density at radius 2 is 2.29 bits per heavy atom. The monoisotopic (exact) mass is 219 g/mol. The first-order valence-corrected chi connectivity index (χ1v) is 5.36. The Hall–Kier alpha value is -0.540. The van der Waals surface area contributed by atoms with E-state index in [-0.39, 0.29) is 5.91 Å². The molecular formula is C10H18ClNO2. The lowest BCUT2D eigenvalue weighted by Gasteiger charge is -2.04.